The van der Waals surface area contributed by atoms with Gasteiger partial charge in [0.1, 0.15) is 0 Å². The summed E-state index contributed by atoms with van der Waals surface area (Å²) in [6, 6.07) is 3.57. The number of amides is 1. The van der Waals surface area contributed by atoms with Crippen molar-refractivity contribution in [2.75, 3.05) is 33.5 Å². The van der Waals surface area contributed by atoms with E-state index in [2.05, 4.69) is 13.8 Å². The summed E-state index contributed by atoms with van der Waals surface area (Å²) in [4.78, 5) is 14.7. The van der Waals surface area contributed by atoms with Gasteiger partial charge in [-0.1, -0.05) is 25.4 Å². The van der Waals surface area contributed by atoms with E-state index in [4.69, 9.17) is 30.5 Å². The summed E-state index contributed by atoms with van der Waals surface area (Å²) in [6.45, 7) is 6.57. The Hall–Kier alpha value is -1.76. The average Bonchev–Trinajstić information content (AvgIpc) is 3.25. The number of nitrogens with zero attached hydrogens (tertiary/aromatic N) is 1. The van der Waals surface area contributed by atoms with Crippen molar-refractivity contribution in [2.24, 2.45) is 5.92 Å². The van der Waals surface area contributed by atoms with Crippen LogP contribution < -0.4 is 9.47 Å². The number of hydrogen-bond acceptors (Lipinski definition) is 5. The number of ether oxygens (including phenoxy) is 4. The van der Waals surface area contributed by atoms with E-state index < -0.39 is 0 Å². The van der Waals surface area contributed by atoms with E-state index in [0.29, 0.717) is 48.8 Å². The molecule has 29 heavy (non-hydrogen) atoms. The van der Waals surface area contributed by atoms with Crippen molar-refractivity contribution in [3.63, 3.8) is 0 Å². The fourth-order valence-electron chi connectivity index (χ4n) is 3.60. The highest BCUT2D eigenvalue weighted by molar-refractivity contribution is 6.32. The molecule has 0 N–H and O–H groups in total. The molecule has 2 heterocycles. The molecule has 3 rings (SSSR count). The summed E-state index contributed by atoms with van der Waals surface area (Å²) in [7, 11) is 1.58. The number of benzene rings is 1. The Morgan fingerprint density at radius 3 is 2.76 bits per heavy atom. The van der Waals surface area contributed by atoms with Gasteiger partial charge in [-0.05, 0) is 49.0 Å². The molecule has 1 atom stereocenters. The normalized spacial score (nSPS) is 20.6. The molecule has 2 saturated heterocycles. The second-order valence-corrected chi connectivity index (χ2v) is 8.18. The van der Waals surface area contributed by atoms with Crippen molar-refractivity contribution in [1.29, 1.82) is 0 Å². The SMILES string of the molecule is COc1cc(/C=C/C(=O)N2CCCCC2C2OCCO2)cc(Cl)c1OCC(C)C. The fraction of sp³-hybridized carbons (Fsp3) is 0.591. The Morgan fingerprint density at radius 1 is 1.31 bits per heavy atom. The van der Waals surface area contributed by atoms with Crippen molar-refractivity contribution < 1.29 is 23.7 Å². The highest BCUT2D eigenvalue weighted by Crippen LogP contribution is 2.37. The van der Waals surface area contributed by atoms with E-state index in [1.807, 2.05) is 11.0 Å². The third kappa shape index (κ3) is 5.65. The minimum absolute atomic E-state index is 0.0340. The van der Waals surface area contributed by atoms with Crippen LogP contribution in [0, 0.1) is 5.92 Å². The van der Waals surface area contributed by atoms with Crippen LogP contribution in [0.25, 0.3) is 6.08 Å². The number of hydrogen-bond donors (Lipinski definition) is 0. The van der Waals surface area contributed by atoms with Gasteiger partial charge in [-0.3, -0.25) is 4.79 Å². The molecule has 160 valence electrons. The molecule has 1 aromatic carbocycles. The van der Waals surface area contributed by atoms with E-state index >= 15 is 0 Å². The van der Waals surface area contributed by atoms with Crippen LogP contribution in [0.4, 0.5) is 0 Å². The summed E-state index contributed by atoms with van der Waals surface area (Å²) < 4.78 is 22.5. The lowest BCUT2D eigenvalue weighted by Gasteiger charge is -2.37. The number of piperidine rings is 1. The molecule has 0 spiro atoms. The first-order valence-corrected chi connectivity index (χ1v) is 10.6. The number of carbonyl (C=O) groups excluding carboxylic acids is 1. The molecule has 2 fully saturated rings. The molecule has 2 aliphatic rings. The Bertz CT molecular complexity index is 730. The average molecular weight is 424 g/mol. The quantitative estimate of drug-likeness (QED) is 0.616. The van der Waals surface area contributed by atoms with Gasteiger partial charge in [0.2, 0.25) is 5.91 Å². The number of carbonyl (C=O) groups is 1. The number of rotatable bonds is 7. The van der Waals surface area contributed by atoms with Crippen LogP contribution >= 0.6 is 11.6 Å². The highest BCUT2D eigenvalue weighted by Gasteiger charge is 2.35. The topological polar surface area (TPSA) is 57.2 Å². The Balaban J connectivity index is 1.72. The minimum atomic E-state index is -0.320. The lowest BCUT2D eigenvalue weighted by Crippen LogP contribution is -2.49. The van der Waals surface area contributed by atoms with Gasteiger partial charge in [-0.15, -0.1) is 0 Å². The summed E-state index contributed by atoms with van der Waals surface area (Å²) in [5.41, 5.74) is 0.777. The van der Waals surface area contributed by atoms with Crippen molar-refractivity contribution >= 4 is 23.6 Å². The molecule has 0 aromatic heterocycles. The molecule has 0 aliphatic carbocycles. The van der Waals surface area contributed by atoms with Gasteiger partial charge in [0, 0.05) is 12.6 Å². The smallest absolute Gasteiger partial charge is 0.246 e. The molecule has 2 aliphatic heterocycles. The molecule has 7 heteroatoms. The predicted octanol–water partition coefficient (Wildman–Crippen LogP) is 4.15. The van der Waals surface area contributed by atoms with E-state index in [1.54, 1.807) is 25.3 Å². The highest BCUT2D eigenvalue weighted by atomic mass is 35.5. The van der Waals surface area contributed by atoms with E-state index in [1.165, 1.54) is 0 Å². The predicted molar refractivity (Wildman–Crippen MR) is 112 cm³/mol. The molecule has 6 nitrogen and oxygen atoms in total. The first-order chi connectivity index (χ1) is 14.0. The summed E-state index contributed by atoms with van der Waals surface area (Å²) in [5.74, 6) is 1.40. The maximum absolute atomic E-state index is 12.9. The van der Waals surface area contributed by atoms with Crippen molar-refractivity contribution in [3.05, 3.63) is 28.8 Å². The zero-order valence-corrected chi connectivity index (χ0v) is 18.1. The van der Waals surface area contributed by atoms with Crippen LogP contribution in [0.5, 0.6) is 11.5 Å². The Labute approximate surface area is 177 Å². The lowest BCUT2D eigenvalue weighted by atomic mass is 10.0. The molecule has 1 amide bonds. The summed E-state index contributed by atoms with van der Waals surface area (Å²) in [5, 5.41) is 0.459. The number of methoxy groups -OCH3 is 1. The second kappa shape index (κ2) is 10.3. The summed E-state index contributed by atoms with van der Waals surface area (Å²) >= 11 is 6.40. The maximum atomic E-state index is 12.9. The first-order valence-electron chi connectivity index (χ1n) is 10.2. The largest absolute Gasteiger partial charge is 0.493 e. The van der Waals surface area contributed by atoms with Crippen LogP contribution in [-0.2, 0) is 14.3 Å². The molecule has 0 saturated carbocycles. The summed E-state index contributed by atoms with van der Waals surface area (Å²) in [6.07, 6.45) is 5.97. The van der Waals surface area contributed by atoms with Gasteiger partial charge >= 0.3 is 0 Å². The zero-order chi connectivity index (χ0) is 20.8. The van der Waals surface area contributed by atoms with Gasteiger partial charge in [0.25, 0.3) is 0 Å². The van der Waals surface area contributed by atoms with Crippen LogP contribution in [0.2, 0.25) is 5.02 Å². The van der Waals surface area contributed by atoms with E-state index in [9.17, 15) is 4.79 Å². The third-order valence-electron chi connectivity index (χ3n) is 5.03. The van der Waals surface area contributed by atoms with E-state index in [-0.39, 0.29) is 18.2 Å². The van der Waals surface area contributed by atoms with Gasteiger partial charge in [-0.25, -0.2) is 0 Å². The number of halogens is 1. The van der Waals surface area contributed by atoms with Crippen molar-refractivity contribution in [2.45, 2.75) is 45.4 Å². The zero-order valence-electron chi connectivity index (χ0n) is 17.4. The lowest BCUT2D eigenvalue weighted by molar-refractivity contribution is -0.145. The minimum Gasteiger partial charge on any atom is -0.493 e. The Morgan fingerprint density at radius 2 is 2.07 bits per heavy atom. The first kappa shape index (κ1) is 21.9. The van der Waals surface area contributed by atoms with Crippen LogP contribution in [0.1, 0.15) is 38.7 Å². The fourth-order valence-corrected chi connectivity index (χ4v) is 3.88. The van der Waals surface area contributed by atoms with E-state index in [0.717, 1.165) is 24.8 Å². The molecule has 1 unspecified atom stereocenters. The second-order valence-electron chi connectivity index (χ2n) is 7.78. The van der Waals surface area contributed by atoms with Crippen molar-refractivity contribution in [3.8, 4) is 11.5 Å². The monoisotopic (exact) mass is 423 g/mol. The molecule has 0 bridgehead atoms. The molecular weight excluding hydrogens is 394 g/mol. The standard InChI is InChI=1S/C22H30ClNO5/c1-15(2)14-29-21-17(23)12-16(13-19(21)26-3)7-8-20(25)24-9-5-4-6-18(24)22-27-10-11-28-22/h7-8,12-13,15,18,22H,4-6,9-11,14H2,1-3H3/b8-7+. The van der Waals surface area contributed by atoms with Crippen molar-refractivity contribution in [1.82, 2.24) is 4.90 Å². The van der Waals surface area contributed by atoms with Crippen LogP contribution in [0.15, 0.2) is 18.2 Å². The van der Waals surface area contributed by atoms with Crippen LogP contribution in [-0.4, -0.2) is 56.6 Å². The molecule has 0 radical (unpaired) electrons. The molecular formula is C22H30ClNO5. The van der Waals surface area contributed by atoms with Gasteiger partial charge in [0.05, 0.1) is 38.0 Å². The maximum Gasteiger partial charge on any atom is 0.246 e. The third-order valence-corrected chi connectivity index (χ3v) is 5.31. The van der Waals surface area contributed by atoms with Gasteiger partial charge in [0.15, 0.2) is 17.8 Å². The molecule has 1 aromatic rings. The Kier molecular flexibility index (Phi) is 7.81. The van der Waals surface area contributed by atoms with Crippen LogP contribution in [0.3, 0.4) is 0 Å². The number of likely N-dealkylation sites (tertiary alicyclic amines) is 1. The van der Waals surface area contributed by atoms with Gasteiger partial charge in [-0.2, -0.15) is 0 Å². The van der Waals surface area contributed by atoms with Gasteiger partial charge < -0.3 is 23.8 Å².